The quantitative estimate of drug-likeness (QED) is 0.662. The summed E-state index contributed by atoms with van der Waals surface area (Å²) in [5.41, 5.74) is 0. The van der Waals surface area contributed by atoms with Crippen LogP contribution in [-0.2, 0) is 4.74 Å². The van der Waals surface area contributed by atoms with Crippen LogP contribution in [0.25, 0.3) is 0 Å². The summed E-state index contributed by atoms with van der Waals surface area (Å²) in [6.07, 6.45) is 4.80. The van der Waals surface area contributed by atoms with Crippen LogP contribution in [0, 0.1) is 5.92 Å². The first-order valence-corrected chi connectivity index (χ1v) is 5.61. The zero-order chi connectivity index (χ0) is 9.26. The third-order valence-corrected chi connectivity index (χ3v) is 3.27. The Morgan fingerprint density at radius 2 is 2.23 bits per heavy atom. The van der Waals surface area contributed by atoms with Crippen LogP contribution in [0.5, 0.6) is 0 Å². The predicted molar refractivity (Wildman–Crippen MR) is 53.8 cm³/mol. The Bertz CT molecular complexity index is 167. The molecule has 13 heavy (non-hydrogen) atoms. The first-order valence-electron chi connectivity index (χ1n) is 5.61. The van der Waals surface area contributed by atoms with Gasteiger partial charge in [0.05, 0.1) is 12.7 Å². The second-order valence-electron chi connectivity index (χ2n) is 4.70. The number of morpholine rings is 1. The first-order chi connectivity index (χ1) is 6.25. The summed E-state index contributed by atoms with van der Waals surface area (Å²) < 4.78 is 5.54. The molecular formula is C11H21NO. The van der Waals surface area contributed by atoms with Gasteiger partial charge in [-0.25, -0.2) is 0 Å². The number of rotatable bonds is 3. The second kappa shape index (κ2) is 3.97. The second-order valence-corrected chi connectivity index (χ2v) is 4.70. The number of hydrogen-bond donors (Lipinski definition) is 0. The minimum Gasteiger partial charge on any atom is -0.376 e. The molecule has 1 aliphatic heterocycles. The summed E-state index contributed by atoms with van der Waals surface area (Å²) in [5.74, 6) is 1.05. The molecule has 0 amide bonds. The van der Waals surface area contributed by atoms with Gasteiger partial charge in [-0.1, -0.05) is 12.8 Å². The van der Waals surface area contributed by atoms with Crippen LogP contribution in [-0.4, -0.2) is 36.7 Å². The third kappa shape index (κ3) is 2.68. The molecule has 1 aliphatic carbocycles. The monoisotopic (exact) mass is 183 g/mol. The maximum Gasteiger partial charge on any atom is 0.0674 e. The van der Waals surface area contributed by atoms with Crippen LogP contribution in [0.1, 0.15) is 33.1 Å². The molecule has 76 valence electrons. The summed E-state index contributed by atoms with van der Waals surface area (Å²) >= 11 is 0. The molecule has 0 aromatic carbocycles. The van der Waals surface area contributed by atoms with Gasteiger partial charge in [-0.2, -0.15) is 0 Å². The Morgan fingerprint density at radius 3 is 2.85 bits per heavy atom. The van der Waals surface area contributed by atoms with E-state index in [4.69, 9.17) is 4.74 Å². The zero-order valence-electron chi connectivity index (χ0n) is 8.83. The fourth-order valence-electron chi connectivity index (χ4n) is 2.23. The first kappa shape index (κ1) is 9.47. The van der Waals surface area contributed by atoms with Gasteiger partial charge in [0, 0.05) is 19.1 Å². The van der Waals surface area contributed by atoms with Gasteiger partial charge in [0.2, 0.25) is 0 Å². The van der Waals surface area contributed by atoms with E-state index in [2.05, 4.69) is 18.7 Å². The lowest BCUT2D eigenvalue weighted by Gasteiger charge is -2.35. The van der Waals surface area contributed by atoms with Gasteiger partial charge < -0.3 is 4.74 Å². The predicted octanol–water partition coefficient (Wildman–Crippen LogP) is 1.90. The highest BCUT2D eigenvalue weighted by Crippen LogP contribution is 2.34. The van der Waals surface area contributed by atoms with Crippen LogP contribution >= 0.6 is 0 Å². The fraction of sp³-hybridized carbons (Fsp3) is 1.00. The van der Waals surface area contributed by atoms with E-state index in [9.17, 15) is 0 Å². The van der Waals surface area contributed by atoms with Crippen LogP contribution in [0.4, 0.5) is 0 Å². The highest BCUT2D eigenvalue weighted by molar-refractivity contribution is 4.81. The van der Waals surface area contributed by atoms with Crippen molar-refractivity contribution >= 4 is 0 Å². The average Bonchev–Trinajstić information content (AvgIpc) is 2.88. The van der Waals surface area contributed by atoms with E-state index in [1.165, 1.54) is 19.3 Å². The minimum atomic E-state index is 0.440. The van der Waals surface area contributed by atoms with Crippen molar-refractivity contribution in [2.75, 3.05) is 19.7 Å². The molecule has 0 aromatic rings. The molecule has 2 nitrogen and oxygen atoms in total. The molecule has 1 heterocycles. The van der Waals surface area contributed by atoms with Crippen LogP contribution < -0.4 is 0 Å². The van der Waals surface area contributed by atoms with E-state index in [1.54, 1.807) is 0 Å². The Hall–Kier alpha value is -0.0800. The van der Waals surface area contributed by atoms with Crippen molar-refractivity contribution < 1.29 is 4.74 Å². The highest BCUT2D eigenvalue weighted by Gasteiger charge is 2.28. The van der Waals surface area contributed by atoms with Crippen molar-refractivity contribution in [1.82, 2.24) is 4.90 Å². The highest BCUT2D eigenvalue weighted by atomic mass is 16.5. The maximum atomic E-state index is 5.54. The summed E-state index contributed by atoms with van der Waals surface area (Å²) in [6, 6.07) is 0.777. The molecule has 0 radical (unpaired) electrons. The molecule has 2 aliphatic rings. The molecular weight excluding hydrogens is 162 g/mol. The molecule has 0 N–H and O–H groups in total. The van der Waals surface area contributed by atoms with Gasteiger partial charge >= 0.3 is 0 Å². The van der Waals surface area contributed by atoms with Gasteiger partial charge in [-0.15, -0.1) is 0 Å². The van der Waals surface area contributed by atoms with Crippen molar-refractivity contribution in [3.63, 3.8) is 0 Å². The van der Waals surface area contributed by atoms with E-state index in [0.717, 1.165) is 31.7 Å². The van der Waals surface area contributed by atoms with Crippen molar-refractivity contribution in [2.24, 2.45) is 5.92 Å². The lowest BCUT2D eigenvalue weighted by atomic mass is 10.1. The normalized spacial score (nSPS) is 33.2. The van der Waals surface area contributed by atoms with Gasteiger partial charge in [-0.3, -0.25) is 4.90 Å². The molecule has 0 spiro atoms. The summed E-state index contributed by atoms with van der Waals surface area (Å²) in [5, 5.41) is 0. The lowest BCUT2D eigenvalue weighted by Crippen LogP contribution is -2.45. The molecule has 2 unspecified atom stereocenters. The minimum absolute atomic E-state index is 0.440. The van der Waals surface area contributed by atoms with E-state index in [-0.39, 0.29) is 0 Å². The van der Waals surface area contributed by atoms with E-state index in [0.29, 0.717) is 6.10 Å². The Balaban J connectivity index is 1.76. The Kier molecular flexibility index (Phi) is 2.89. The van der Waals surface area contributed by atoms with E-state index in [1.807, 2.05) is 0 Å². The number of ether oxygens (including phenoxy) is 1. The third-order valence-electron chi connectivity index (χ3n) is 3.27. The number of nitrogens with zero attached hydrogens (tertiary/aromatic N) is 1. The van der Waals surface area contributed by atoms with Crippen LogP contribution in [0.15, 0.2) is 0 Å². The molecule has 2 rings (SSSR count). The standard InChI is InChI=1S/C11H21NO/c1-9(7-11-3-4-11)12-5-6-13-10(2)8-12/h9-11H,3-8H2,1-2H3. The van der Waals surface area contributed by atoms with Gasteiger partial charge in [0.15, 0.2) is 0 Å². The molecule has 2 heteroatoms. The van der Waals surface area contributed by atoms with Crippen LogP contribution in [0.3, 0.4) is 0 Å². The largest absolute Gasteiger partial charge is 0.376 e. The molecule has 2 atom stereocenters. The van der Waals surface area contributed by atoms with E-state index < -0.39 is 0 Å². The van der Waals surface area contributed by atoms with Crippen LogP contribution in [0.2, 0.25) is 0 Å². The smallest absolute Gasteiger partial charge is 0.0674 e. The topological polar surface area (TPSA) is 12.5 Å². The molecule has 0 bridgehead atoms. The molecule has 2 fully saturated rings. The Morgan fingerprint density at radius 1 is 1.46 bits per heavy atom. The lowest BCUT2D eigenvalue weighted by molar-refractivity contribution is -0.0331. The van der Waals surface area contributed by atoms with Gasteiger partial charge in [0.25, 0.3) is 0 Å². The van der Waals surface area contributed by atoms with Crippen molar-refractivity contribution in [1.29, 1.82) is 0 Å². The van der Waals surface area contributed by atoms with E-state index >= 15 is 0 Å². The molecule has 0 aromatic heterocycles. The van der Waals surface area contributed by atoms with Gasteiger partial charge in [0.1, 0.15) is 0 Å². The zero-order valence-corrected chi connectivity index (χ0v) is 8.83. The average molecular weight is 183 g/mol. The Labute approximate surface area is 81.3 Å². The molecule has 1 saturated carbocycles. The van der Waals surface area contributed by atoms with Crippen molar-refractivity contribution in [2.45, 2.75) is 45.3 Å². The summed E-state index contributed by atoms with van der Waals surface area (Å²) in [4.78, 5) is 2.59. The van der Waals surface area contributed by atoms with Crippen molar-refractivity contribution in [3.8, 4) is 0 Å². The summed E-state index contributed by atoms with van der Waals surface area (Å²) in [6.45, 7) is 7.74. The van der Waals surface area contributed by atoms with Gasteiger partial charge in [-0.05, 0) is 26.2 Å². The maximum absolute atomic E-state index is 5.54. The summed E-state index contributed by atoms with van der Waals surface area (Å²) in [7, 11) is 0. The molecule has 1 saturated heterocycles. The van der Waals surface area contributed by atoms with Crippen molar-refractivity contribution in [3.05, 3.63) is 0 Å². The number of hydrogen-bond acceptors (Lipinski definition) is 2. The SMILES string of the molecule is CC1CN(C(C)CC2CC2)CCO1. The fourth-order valence-corrected chi connectivity index (χ4v) is 2.23.